The summed E-state index contributed by atoms with van der Waals surface area (Å²) in [7, 11) is 0. The van der Waals surface area contributed by atoms with E-state index in [0.29, 0.717) is 23.4 Å². The Morgan fingerprint density at radius 3 is 1.33 bits per heavy atom. The van der Waals surface area contributed by atoms with Crippen LogP contribution in [0.4, 0.5) is 0 Å². The molecule has 0 spiro atoms. The zero-order valence-corrected chi connectivity index (χ0v) is 32.9. The normalized spacial score (nSPS) is 11.3. The Bertz CT molecular complexity index is 3090. The molecule has 0 aliphatic rings. The van der Waals surface area contributed by atoms with Gasteiger partial charge >= 0.3 is 0 Å². The first-order valence-electron chi connectivity index (χ1n) is 19.7. The van der Waals surface area contributed by atoms with Crippen molar-refractivity contribution in [2.24, 2.45) is 0 Å². The van der Waals surface area contributed by atoms with Crippen molar-refractivity contribution < 1.29 is 4.42 Å². The van der Waals surface area contributed by atoms with Crippen LogP contribution in [0.25, 0.3) is 111 Å². The lowest BCUT2D eigenvalue weighted by Gasteiger charge is -2.13. The summed E-state index contributed by atoms with van der Waals surface area (Å²) >= 11 is 1.65. The molecule has 0 atom stereocenters. The van der Waals surface area contributed by atoms with E-state index in [2.05, 4.69) is 140 Å². The maximum absolute atomic E-state index is 6.36. The molecule has 0 unspecified atom stereocenters. The lowest BCUT2D eigenvalue weighted by atomic mass is 9.96. The third-order valence-electron chi connectivity index (χ3n) is 10.6. The van der Waals surface area contributed by atoms with E-state index in [4.69, 9.17) is 29.3 Å². The van der Waals surface area contributed by atoms with Gasteiger partial charge in [-0.3, -0.25) is 0 Å². The Kier molecular flexibility index (Phi) is 8.91. The fraction of sp³-hybridized carbons (Fsp3) is 0. The van der Waals surface area contributed by atoms with E-state index in [0.717, 1.165) is 87.5 Å². The van der Waals surface area contributed by atoms with Crippen molar-refractivity contribution in [1.82, 2.24) is 24.9 Å². The Morgan fingerprint density at radius 2 is 0.733 bits per heavy atom. The summed E-state index contributed by atoms with van der Waals surface area (Å²) in [6.45, 7) is 0. The van der Waals surface area contributed by atoms with Crippen molar-refractivity contribution in [3.63, 3.8) is 0 Å². The summed E-state index contributed by atoms with van der Waals surface area (Å²) < 4.78 is 7.47. The molecule has 7 heteroatoms. The third-order valence-corrected chi connectivity index (χ3v) is 11.6. The van der Waals surface area contributed by atoms with Gasteiger partial charge in [0.25, 0.3) is 0 Å². The van der Waals surface area contributed by atoms with Gasteiger partial charge in [0.05, 0.1) is 10.2 Å². The second kappa shape index (κ2) is 15.1. The average Bonchev–Trinajstić information content (AvgIpc) is 3.98. The summed E-state index contributed by atoms with van der Waals surface area (Å²) in [5.41, 5.74) is 13.3. The third kappa shape index (κ3) is 6.93. The van der Waals surface area contributed by atoms with Crippen LogP contribution in [-0.2, 0) is 0 Å². The van der Waals surface area contributed by atoms with Gasteiger partial charge in [-0.25, -0.2) is 24.9 Å². The van der Waals surface area contributed by atoms with Gasteiger partial charge in [0.15, 0.2) is 23.1 Å². The minimum atomic E-state index is 0.509. The summed E-state index contributed by atoms with van der Waals surface area (Å²) in [5, 5.41) is 0.879. The minimum Gasteiger partial charge on any atom is -0.436 e. The van der Waals surface area contributed by atoms with E-state index in [9.17, 15) is 0 Å². The van der Waals surface area contributed by atoms with Crippen LogP contribution < -0.4 is 0 Å². The van der Waals surface area contributed by atoms with E-state index in [1.165, 1.54) is 0 Å². The molecular weight excluding hydrogens is 755 g/mol. The Labute approximate surface area is 350 Å². The Balaban J connectivity index is 1.13. The predicted octanol–water partition coefficient (Wildman–Crippen LogP) is 14.0. The van der Waals surface area contributed by atoms with Gasteiger partial charge in [-0.2, -0.15) is 0 Å². The fourth-order valence-corrected chi connectivity index (χ4v) is 8.50. The predicted molar refractivity (Wildman–Crippen MR) is 244 cm³/mol. The number of rotatable bonds is 8. The number of hydrogen-bond donors (Lipinski definition) is 0. The number of oxazole rings is 1. The Morgan fingerprint density at radius 1 is 0.300 bits per heavy atom. The second-order valence-electron chi connectivity index (χ2n) is 14.6. The molecule has 0 bridgehead atoms. The lowest BCUT2D eigenvalue weighted by Crippen LogP contribution is -2.01. The molecule has 8 aromatic carbocycles. The van der Waals surface area contributed by atoms with E-state index in [1.54, 1.807) is 11.3 Å². The van der Waals surface area contributed by atoms with E-state index >= 15 is 0 Å². The summed E-state index contributed by atoms with van der Waals surface area (Å²) in [5.74, 6) is 2.16. The van der Waals surface area contributed by atoms with Crippen molar-refractivity contribution in [1.29, 1.82) is 0 Å². The molecule has 11 aromatic rings. The first-order chi connectivity index (χ1) is 29.7. The minimum absolute atomic E-state index is 0.509. The highest BCUT2D eigenvalue weighted by atomic mass is 32.1. The highest BCUT2D eigenvalue weighted by molar-refractivity contribution is 7.21. The summed E-state index contributed by atoms with van der Waals surface area (Å²) in [6, 6.07) is 68.5. The monoisotopic (exact) mass is 787 g/mol. The summed E-state index contributed by atoms with van der Waals surface area (Å²) in [6.07, 6.45) is 0. The number of thiazole rings is 1. The van der Waals surface area contributed by atoms with Gasteiger partial charge in [0.1, 0.15) is 10.5 Å². The standard InChI is InChI=1S/C53H33N5OS/c1-4-14-34(15-5-1)37-24-26-38(27-25-37)49-56-50(41-29-39(35-16-6-2-7-17-35)28-40(30-41)36-18-8-3-9-19-36)58-51(57-49)42-31-43(52-54-45-20-10-12-22-47(45)59-52)33-44(32-42)53-55-46-21-11-13-23-48(46)60-53/h1-33H. The molecule has 0 saturated carbocycles. The van der Waals surface area contributed by atoms with Crippen LogP contribution in [0, 0.1) is 0 Å². The molecule has 11 rings (SSSR count). The van der Waals surface area contributed by atoms with Crippen molar-refractivity contribution in [3.8, 4) is 89.6 Å². The van der Waals surface area contributed by atoms with Crippen LogP contribution in [0.3, 0.4) is 0 Å². The van der Waals surface area contributed by atoms with Gasteiger partial charge in [0, 0.05) is 27.8 Å². The van der Waals surface area contributed by atoms with Gasteiger partial charge in [-0.15, -0.1) is 11.3 Å². The number of para-hydroxylation sites is 3. The molecule has 0 aliphatic carbocycles. The van der Waals surface area contributed by atoms with Crippen LogP contribution in [0.2, 0.25) is 0 Å². The SMILES string of the molecule is c1ccc(-c2ccc(-c3nc(-c4cc(-c5ccccc5)cc(-c5ccccc5)c4)nc(-c4cc(-c5nc6ccccc6o5)cc(-c5nc6ccccc6s5)c4)n3)cc2)cc1. The lowest BCUT2D eigenvalue weighted by molar-refractivity contribution is 0.620. The average molecular weight is 788 g/mol. The molecule has 0 fully saturated rings. The van der Waals surface area contributed by atoms with Gasteiger partial charge < -0.3 is 4.42 Å². The zero-order valence-electron chi connectivity index (χ0n) is 32.1. The highest BCUT2D eigenvalue weighted by Gasteiger charge is 2.19. The maximum Gasteiger partial charge on any atom is 0.227 e. The molecule has 3 aromatic heterocycles. The molecule has 0 N–H and O–H groups in total. The molecule has 0 radical (unpaired) electrons. The zero-order chi connectivity index (χ0) is 39.8. The number of fused-ring (bicyclic) bond motifs is 2. The van der Waals surface area contributed by atoms with Crippen molar-refractivity contribution in [2.45, 2.75) is 0 Å². The van der Waals surface area contributed by atoms with Crippen LogP contribution in [0.5, 0.6) is 0 Å². The molecule has 6 nitrogen and oxygen atoms in total. The fourth-order valence-electron chi connectivity index (χ4n) is 7.55. The van der Waals surface area contributed by atoms with Gasteiger partial charge in [-0.1, -0.05) is 140 Å². The number of benzene rings is 8. The second-order valence-corrected chi connectivity index (χ2v) is 15.6. The van der Waals surface area contributed by atoms with Crippen LogP contribution >= 0.6 is 11.3 Å². The molecule has 0 amide bonds. The topological polar surface area (TPSA) is 77.6 Å². The first-order valence-corrected chi connectivity index (χ1v) is 20.5. The molecule has 282 valence electrons. The maximum atomic E-state index is 6.36. The summed E-state index contributed by atoms with van der Waals surface area (Å²) in [4.78, 5) is 25.7. The highest BCUT2D eigenvalue weighted by Crippen LogP contribution is 2.38. The van der Waals surface area contributed by atoms with Crippen LogP contribution in [-0.4, -0.2) is 24.9 Å². The molecule has 0 saturated heterocycles. The number of aromatic nitrogens is 5. The first kappa shape index (κ1) is 35.3. The molecular formula is C53H33N5OS. The molecule has 0 aliphatic heterocycles. The molecule has 60 heavy (non-hydrogen) atoms. The van der Waals surface area contributed by atoms with Crippen molar-refractivity contribution >= 4 is 32.7 Å². The Hall–Kier alpha value is -7.87. The number of nitrogens with zero attached hydrogens (tertiary/aromatic N) is 5. The van der Waals surface area contributed by atoms with Crippen molar-refractivity contribution in [3.05, 3.63) is 200 Å². The molecule has 3 heterocycles. The van der Waals surface area contributed by atoms with E-state index in [1.807, 2.05) is 60.7 Å². The van der Waals surface area contributed by atoms with Crippen LogP contribution in [0.1, 0.15) is 0 Å². The van der Waals surface area contributed by atoms with Crippen LogP contribution in [0.15, 0.2) is 205 Å². The largest absolute Gasteiger partial charge is 0.436 e. The van der Waals surface area contributed by atoms with E-state index in [-0.39, 0.29) is 0 Å². The number of hydrogen-bond acceptors (Lipinski definition) is 7. The van der Waals surface area contributed by atoms with E-state index < -0.39 is 0 Å². The van der Waals surface area contributed by atoms with Gasteiger partial charge in [0.2, 0.25) is 5.89 Å². The smallest absolute Gasteiger partial charge is 0.227 e. The quantitative estimate of drug-likeness (QED) is 0.153. The van der Waals surface area contributed by atoms with Gasteiger partial charge in [-0.05, 0) is 94.0 Å². The van der Waals surface area contributed by atoms with Crippen molar-refractivity contribution in [2.75, 3.05) is 0 Å².